The van der Waals surface area contributed by atoms with Crippen molar-refractivity contribution in [2.45, 2.75) is 26.0 Å². The molecular weight excluding hydrogens is 198 g/mol. The first-order valence-corrected chi connectivity index (χ1v) is 5.01. The number of rotatable bonds is 6. The molecule has 0 aliphatic heterocycles. The fraction of sp³-hybridized carbons (Fsp3) is 1.00. The molecular formula is C6H15NO5S. The second kappa shape index (κ2) is 5.51. The molecule has 0 aromatic heterocycles. The number of aliphatic hydroxyl groups excluding tert-OH is 1. The number of aliphatic hydroxyl groups is 1. The summed E-state index contributed by atoms with van der Waals surface area (Å²) in [4.78, 5) is 0. The second-order valence-electron chi connectivity index (χ2n) is 2.75. The maximum atomic E-state index is 10.1. The van der Waals surface area contributed by atoms with E-state index in [0.717, 1.165) is 0 Å². The molecule has 13 heavy (non-hydrogen) atoms. The van der Waals surface area contributed by atoms with E-state index in [-0.39, 0.29) is 6.54 Å². The van der Waals surface area contributed by atoms with Crippen LogP contribution in [-0.4, -0.2) is 43.4 Å². The van der Waals surface area contributed by atoms with Gasteiger partial charge in [0.1, 0.15) is 0 Å². The van der Waals surface area contributed by atoms with E-state index in [1.165, 1.54) is 0 Å². The minimum Gasteiger partial charge on any atom is -0.389 e. The van der Waals surface area contributed by atoms with E-state index in [0.29, 0.717) is 0 Å². The second-order valence-corrected chi connectivity index (χ2v) is 3.84. The Morgan fingerprint density at radius 1 is 1.62 bits per heavy atom. The topological polar surface area (TPSA) is 95.9 Å². The highest BCUT2D eigenvalue weighted by molar-refractivity contribution is 7.80. The highest BCUT2D eigenvalue weighted by Gasteiger charge is 2.10. The van der Waals surface area contributed by atoms with Crippen LogP contribution >= 0.6 is 0 Å². The first-order valence-electron chi connectivity index (χ1n) is 4.15. The van der Waals surface area contributed by atoms with E-state index in [1.54, 1.807) is 13.8 Å². The SMILES string of the molecule is [2H]C(C)(C)NCC(O)COS(=O)(=O)O. The van der Waals surface area contributed by atoms with Gasteiger partial charge in [0.05, 0.1) is 12.7 Å². The molecule has 0 fully saturated rings. The maximum absolute atomic E-state index is 10.1. The van der Waals surface area contributed by atoms with Crippen LogP contribution in [0.2, 0.25) is 0 Å². The molecule has 0 aliphatic rings. The molecule has 0 heterocycles. The molecule has 7 heteroatoms. The number of hydrogen-bond donors (Lipinski definition) is 3. The zero-order chi connectivity index (χ0) is 11.4. The summed E-state index contributed by atoms with van der Waals surface area (Å²) in [5.74, 6) is 0. The van der Waals surface area contributed by atoms with Gasteiger partial charge >= 0.3 is 10.4 Å². The monoisotopic (exact) mass is 214 g/mol. The van der Waals surface area contributed by atoms with Crippen LogP contribution in [0.1, 0.15) is 15.2 Å². The average molecular weight is 214 g/mol. The van der Waals surface area contributed by atoms with Crippen molar-refractivity contribution in [3.05, 3.63) is 0 Å². The van der Waals surface area contributed by atoms with Gasteiger partial charge in [-0.25, -0.2) is 4.18 Å². The first kappa shape index (κ1) is 10.9. The molecule has 0 aromatic carbocycles. The first-order chi connectivity index (χ1) is 6.10. The lowest BCUT2D eigenvalue weighted by molar-refractivity contribution is 0.100. The van der Waals surface area contributed by atoms with Crippen molar-refractivity contribution in [2.75, 3.05) is 13.2 Å². The Kier molecular flexibility index (Phi) is 4.60. The van der Waals surface area contributed by atoms with Gasteiger partial charge in [0, 0.05) is 13.9 Å². The predicted molar refractivity (Wildman–Crippen MR) is 46.6 cm³/mol. The summed E-state index contributed by atoms with van der Waals surface area (Å²) < 4.78 is 39.7. The van der Waals surface area contributed by atoms with Crippen LogP contribution in [0.25, 0.3) is 0 Å². The lowest BCUT2D eigenvalue weighted by Gasteiger charge is -2.12. The Bertz CT molecular complexity index is 260. The van der Waals surface area contributed by atoms with Crippen molar-refractivity contribution in [1.82, 2.24) is 5.32 Å². The summed E-state index contributed by atoms with van der Waals surface area (Å²) in [6, 6.07) is -0.918. The largest absolute Gasteiger partial charge is 0.397 e. The van der Waals surface area contributed by atoms with Crippen molar-refractivity contribution < 1.29 is 23.6 Å². The van der Waals surface area contributed by atoms with Gasteiger partial charge in [-0.05, 0) is 0 Å². The van der Waals surface area contributed by atoms with Crippen molar-refractivity contribution in [3.63, 3.8) is 0 Å². The Balaban J connectivity index is 3.73. The van der Waals surface area contributed by atoms with Crippen LogP contribution < -0.4 is 5.32 Å². The molecule has 1 unspecified atom stereocenters. The van der Waals surface area contributed by atoms with E-state index < -0.39 is 29.1 Å². The molecule has 0 spiro atoms. The van der Waals surface area contributed by atoms with Crippen LogP contribution in [0, 0.1) is 0 Å². The summed E-state index contributed by atoms with van der Waals surface area (Å²) in [7, 11) is -4.51. The molecule has 1 atom stereocenters. The Labute approximate surface area is 79.3 Å². The fourth-order valence-electron chi connectivity index (χ4n) is 0.545. The predicted octanol–water partition coefficient (Wildman–Crippen LogP) is -0.835. The van der Waals surface area contributed by atoms with Gasteiger partial charge in [0.25, 0.3) is 0 Å². The molecule has 3 N–H and O–H groups in total. The van der Waals surface area contributed by atoms with Crippen molar-refractivity contribution in [3.8, 4) is 0 Å². The third kappa shape index (κ3) is 9.71. The minimum atomic E-state index is -4.51. The van der Waals surface area contributed by atoms with Gasteiger partial charge < -0.3 is 10.4 Å². The van der Waals surface area contributed by atoms with Crippen LogP contribution in [0.3, 0.4) is 0 Å². The zero-order valence-corrected chi connectivity index (χ0v) is 8.34. The van der Waals surface area contributed by atoms with Crippen LogP contribution in [0.5, 0.6) is 0 Å². The molecule has 6 nitrogen and oxygen atoms in total. The lowest BCUT2D eigenvalue weighted by Crippen LogP contribution is -2.34. The molecule has 0 amide bonds. The van der Waals surface area contributed by atoms with Gasteiger partial charge in [0.2, 0.25) is 0 Å². The molecule has 0 saturated carbocycles. The van der Waals surface area contributed by atoms with E-state index in [2.05, 4.69) is 9.50 Å². The summed E-state index contributed by atoms with van der Waals surface area (Å²) in [5, 5.41) is 11.7. The zero-order valence-electron chi connectivity index (χ0n) is 8.52. The molecule has 0 saturated heterocycles. The minimum absolute atomic E-state index is 0.00597. The van der Waals surface area contributed by atoms with Gasteiger partial charge in [-0.1, -0.05) is 13.8 Å². The third-order valence-electron chi connectivity index (χ3n) is 1.10. The number of nitrogens with one attached hydrogen (secondary N) is 1. The van der Waals surface area contributed by atoms with Gasteiger partial charge in [-0.2, -0.15) is 8.42 Å². The van der Waals surface area contributed by atoms with Crippen LogP contribution in [0.15, 0.2) is 0 Å². The summed E-state index contributed by atoms with van der Waals surface area (Å²) in [6.07, 6.45) is -1.10. The molecule has 0 bridgehead atoms. The van der Waals surface area contributed by atoms with E-state index in [1.807, 2.05) is 0 Å². The van der Waals surface area contributed by atoms with E-state index >= 15 is 0 Å². The van der Waals surface area contributed by atoms with Crippen LogP contribution in [-0.2, 0) is 14.6 Å². The quantitative estimate of drug-likeness (QED) is 0.499. The van der Waals surface area contributed by atoms with E-state index in [4.69, 9.17) is 11.0 Å². The molecule has 0 radical (unpaired) electrons. The molecule has 0 aliphatic carbocycles. The smallest absolute Gasteiger partial charge is 0.389 e. The summed E-state index contributed by atoms with van der Waals surface area (Å²) in [6.45, 7) is 2.61. The summed E-state index contributed by atoms with van der Waals surface area (Å²) in [5.41, 5.74) is 0. The van der Waals surface area contributed by atoms with Crippen LogP contribution in [0.4, 0.5) is 0 Å². The highest BCUT2D eigenvalue weighted by atomic mass is 32.3. The average Bonchev–Trinajstić information content (AvgIpc) is 1.94. The van der Waals surface area contributed by atoms with Crippen molar-refractivity contribution in [1.29, 1.82) is 0 Å². The highest BCUT2D eigenvalue weighted by Crippen LogP contribution is 1.90. The van der Waals surface area contributed by atoms with Crippen molar-refractivity contribution >= 4 is 10.4 Å². The van der Waals surface area contributed by atoms with Gasteiger partial charge in [0.15, 0.2) is 0 Å². The number of hydrogen-bond acceptors (Lipinski definition) is 5. The Morgan fingerprint density at radius 2 is 2.15 bits per heavy atom. The third-order valence-corrected chi connectivity index (χ3v) is 1.53. The normalized spacial score (nSPS) is 16.8. The van der Waals surface area contributed by atoms with Gasteiger partial charge in [-0.3, -0.25) is 4.55 Å². The van der Waals surface area contributed by atoms with Crippen molar-refractivity contribution in [2.24, 2.45) is 0 Å². The Morgan fingerprint density at radius 3 is 2.54 bits per heavy atom. The summed E-state index contributed by atoms with van der Waals surface area (Å²) >= 11 is 0. The molecule has 80 valence electrons. The maximum Gasteiger partial charge on any atom is 0.397 e. The molecule has 0 rings (SSSR count). The lowest BCUT2D eigenvalue weighted by atomic mass is 10.3. The Hall–Kier alpha value is -0.210. The standard InChI is InChI=1S/C6H15NO5S/c1-5(2)7-3-6(8)4-12-13(9,10)11/h5-8H,3-4H2,1-2H3,(H,9,10,11)/i5D. The fourth-order valence-corrected chi connectivity index (χ4v) is 0.874. The molecule has 0 aromatic rings. The van der Waals surface area contributed by atoms with E-state index in [9.17, 15) is 8.42 Å². The van der Waals surface area contributed by atoms with Gasteiger partial charge in [-0.15, -0.1) is 0 Å².